The van der Waals surface area contributed by atoms with Gasteiger partial charge in [0.05, 0.1) is 17.2 Å². The number of anilines is 1. The molecule has 0 saturated heterocycles. The number of amides is 1. The normalized spacial score (nSPS) is 10.9. The third-order valence-electron chi connectivity index (χ3n) is 4.45. The Bertz CT molecular complexity index is 1300. The van der Waals surface area contributed by atoms with Gasteiger partial charge in [0, 0.05) is 23.2 Å². The van der Waals surface area contributed by atoms with Crippen molar-refractivity contribution >= 4 is 68.4 Å². The van der Waals surface area contributed by atoms with E-state index in [-0.39, 0.29) is 20.7 Å². The van der Waals surface area contributed by atoms with Crippen molar-refractivity contribution in [3.8, 4) is 16.3 Å². The Morgan fingerprint density at radius 3 is 2.50 bits per heavy atom. The zero-order chi connectivity index (χ0) is 22.8. The molecule has 4 rings (SSSR count). The smallest absolute Gasteiger partial charge is 0.257 e. The molecule has 0 radical (unpaired) electrons. The molecule has 0 spiro atoms. The van der Waals surface area contributed by atoms with Gasteiger partial charge in [0.25, 0.3) is 5.91 Å². The van der Waals surface area contributed by atoms with Gasteiger partial charge in [-0.3, -0.25) is 10.1 Å². The highest BCUT2D eigenvalue weighted by Crippen LogP contribution is 2.33. The highest BCUT2D eigenvalue weighted by atomic mass is 35.5. The maximum Gasteiger partial charge on any atom is 0.257 e. The van der Waals surface area contributed by atoms with Crippen LogP contribution >= 0.6 is 46.8 Å². The van der Waals surface area contributed by atoms with E-state index in [4.69, 9.17) is 40.2 Å². The first kappa shape index (κ1) is 22.4. The van der Waals surface area contributed by atoms with Gasteiger partial charge in [-0.25, -0.2) is 0 Å². The standard InChI is InChI=1S/C20H16Cl2N6O2S2/c1-3-15-25-26-20-28(15)27-18(32-20)10-4-6-12(7-5-10)23-19(31)24-17(29)11-8-13(21)16(30-2)14(22)9-11/h4-9H,3H2,1-2H3,(H2,23,24,29,31). The Labute approximate surface area is 202 Å². The van der Waals surface area contributed by atoms with Gasteiger partial charge in [0.15, 0.2) is 16.7 Å². The monoisotopic (exact) mass is 506 g/mol. The SMILES string of the molecule is CCc1nnc2sc(-c3ccc(NC(=S)NC(=O)c4cc(Cl)c(OC)c(Cl)c4)cc3)nn12. The van der Waals surface area contributed by atoms with E-state index in [2.05, 4.69) is 25.9 Å². The molecule has 0 aliphatic rings. The molecule has 0 unspecified atom stereocenters. The molecule has 0 aliphatic heterocycles. The molecule has 2 aromatic carbocycles. The second-order valence-corrected chi connectivity index (χ2v) is 8.71. The molecular formula is C20H16Cl2N6O2S2. The highest BCUT2D eigenvalue weighted by molar-refractivity contribution is 7.80. The van der Waals surface area contributed by atoms with E-state index in [1.54, 1.807) is 4.52 Å². The molecule has 2 N–H and O–H groups in total. The average molecular weight is 507 g/mol. The second-order valence-electron chi connectivity index (χ2n) is 6.53. The number of nitrogens with one attached hydrogen (secondary N) is 2. The van der Waals surface area contributed by atoms with Gasteiger partial charge >= 0.3 is 0 Å². The fraction of sp³-hybridized carbons (Fsp3) is 0.150. The first-order valence-corrected chi connectivity index (χ1v) is 11.3. The van der Waals surface area contributed by atoms with E-state index in [0.29, 0.717) is 11.4 Å². The van der Waals surface area contributed by atoms with Crippen LogP contribution in [0.1, 0.15) is 23.1 Å². The largest absolute Gasteiger partial charge is 0.494 e. The Morgan fingerprint density at radius 1 is 1.19 bits per heavy atom. The maximum atomic E-state index is 12.5. The summed E-state index contributed by atoms with van der Waals surface area (Å²) >= 11 is 18.9. The Kier molecular flexibility index (Phi) is 6.56. The van der Waals surface area contributed by atoms with E-state index in [9.17, 15) is 4.79 Å². The first-order chi connectivity index (χ1) is 15.4. The second kappa shape index (κ2) is 9.37. The van der Waals surface area contributed by atoms with Crippen molar-refractivity contribution in [2.75, 3.05) is 12.4 Å². The molecule has 8 nitrogen and oxygen atoms in total. The Balaban J connectivity index is 1.42. The number of thiocarbonyl (C=S) groups is 1. The third kappa shape index (κ3) is 4.53. The predicted octanol–water partition coefficient (Wildman–Crippen LogP) is 4.86. The van der Waals surface area contributed by atoms with Crippen LogP contribution < -0.4 is 15.4 Å². The molecular weight excluding hydrogens is 491 g/mol. The number of aryl methyl sites for hydroxylation is 1. The van der Waals surface area contributed by atoms with Crippen LogP contribution in [0.4, 0.5) is 5.69 Å². The van der Waals surface area contributed by atoms with Gasteiger partial charge in [-0.2, -0.15) is 9.61 Å². The van der Waals surface area contributed by atoms with Crippen molar-refractivity contribution in [2.24, 2.45) is 0 Å². The molecule has 4 aromatic rings. The topological polar surface area (TPSA) is 93.4 Å². The van der Waals surface area contributed by atoms with Crippen LogP contribution in [0.2, 0.25) is 10.0 Å². The molecule has 12 heteroatoms. The molecule has 0 aliphatic carbocycles. The van der Waals surface area contributed by atoms with Gasteiger partial charge in [-0.1, -0.05) is 41.5 Å². The number of carbonyl (C=O) groups is 1. The average Bonchev–Trinajstić information content (AvgIpc) is 3.34. The number of halogens is 2. The fourth-order valence-corrected chi connectivity index (χ4v) is 4.63. The van der Waals surface area contributed by atoms with E-state index in [0.717, 1.165) is 27.8 Å². The lowest BCUT2D eigenvalue weighted by Gasteiger charge is -2.11. The molecule has 2 heterocycles. The van der Waals surface area contributed by atoms with E-state index in [1.807, 2.05) is 31.2 Å². The zero-order valence-electron chi connectivity index (χ0n) is 16.8. The van der Waals surface area contributed by atoms with Crippen LogP contribution in [0, 0.1) is 0 Å². The minimum atomic E-state index is -0.447. The van der Waals surface area contributed by atoms with Crippen molar-refractivity contribution < 1.29 is 9.53 Å². The summed E-state index contributed by atoms with van der Waals surface area (Å²) in [4.78, 5) is 13.2. The minimum absolute atomic E-state index is 0.136. The molecule has 1 amide bonds. The number of benzene rings is 2. The van der Waals surface area contributed by atoms with Crippen LogP contribution in [0.25, 0.3) is 15.5 Å². The van der Waals surface area contributed by atoms with Crippen LogP contribution in [0.5, 0.6) is 5.75 Å². The van der Waals surface area contributed by atoms with Gasteiger partial charge in [0.2, 0.25) is 4.96 Å². The molecule has 0 bridgehead atoms. The summed E-state index contributed by atoms with van der Waals surface area (Å²) in [6.07, 6.45) is 0.755. The highest BCUT2D eigenvalue weighted by Gasteiger charge is 2.15. The minimum Gasteiger partial charge on any atom is -0.494 e. The number of carbonyl (C=O) groups excluding carboxylic acids is 1. The van der Waals surface area contributed by atoms with E-state index < -0.39 is 5.91 Å². The van der Waals surface area contributed by atoms with Crippen LogP contribution in [-0.2, 0) is 6.42 Å². The quantitative estimate of drug-likeness (QED) is 0.373. The number of aromatic nitrogens is 4. The summed E-state index contributed by atoms with van der Waals surface area (Å²) in [5.74, 6) is 0.680. The number of hydrogen-bond acceptors (Lipinski definition) is 7. The van der Waals surface area contributed by atoms with Gasteiger partial charge in [0.1, 0.15) is 5.01 Å². The van der Waals surface area contributed by atoms with E-state index in [1.165, 1.54) is 30.6 Å². The predicted molar refractivity (Wildman–Crippen MR) is 130 cm³/mol. The molecule has 0 fully saturated rings. The summed E-state index contributed by atoms with van der Waals surface area (Å²) in [5.41, 5.74) is 1.91. The number of methoxy groups -OCH3 is 1. The van der Waals surface area contributed by atoms with Gasteiger partial charge in [-0.05, 0) is 48.6 Å². The van der Waals surface area contributed by atoms with Crippen molar-refractivity contribution in [1.82, 2.24) is 25.1 Å². The number of ether oxygens (including phenoxy) is 1. The summed E-state index contributed by atoms with van der Waals surface area (Å²) in [6, 6.07) is 10.4. The number of hydrogen-bond donors (Lipinski definition) is 2. The lowest BCUT2D eigenvalue weighted by Crippen LogP contribution is -2.34. The van der Waals surface area contributed by atoms with Crippen molar-refractivity contribution in [3.05, 3.63) is 57.8 Å². The van der Waals surface area contributed by atoms with E-state index >= 15 is 0 Å². The summed E-state index contributed by atoms with van der Waals surface area (Å²) < 4.78 is 6.85. The van der Waals surface area contributed by atoms with Gasteiger partial charge < -0.3 is 10.1 Å². The molecule has 164 valence electrons. The molecule has 0 saturated carbocycles. The summed E-state index contributed by atoms with van der Waals surface area (Å²) in [5, 5.41) is 19.8. The Morgan fingerprint density at radius 2 is 1.88 bits per heavy atom. The van der Waals surface area contributed by atoms with Crippen LogP contribution in [0.3, 0.4) is 0 Å². The summed E-state index contributed by atoms with van der Waals surface area (Å²) in [6.45, 7) is 2.01. The molecule has 2 aromatic heterocycles. The fourth-order valence-electron chi connectivity index (χ4n) is 2.91. The van der Waals surface area contributed by atoms with Crippen LogP contribution in [-0.4, -0.2) is 37.9 Å². The van der Waals surface area contributed by atoms with Crippen molar-refractivity contribution in [3.63, 3.8) is 0 Å². The number of fused-ring (bicyclic) bond motifs is 1. The number of nitrogens with zero attached hydrogens (tertiary/aromatic N) is 4. The molecule has 32 heavy (non-hydrogen) atoms. The van der Waals surface area contributed by atoms with Crippen LogP contribution in [0.15, 0.2) is 36.4 Å². The Hall–Kier alpha value is -2.79. The van der Waals surface area contributed by atoms with Crippen molar-refractivity contribution in [2.45, 2.75) is 13.3 Å². The summed E-state index contributed by atoms with van der Waals surface area (Å²) in [7, 11) is 1.45. The van der Waals surface area contributed by atoms with Crippen molar-refractivity contribution in [1.29, 1.82) is 0 Å². The first-order valence-electron chi connectivity index (χ1n) is 9.36. The maximum absolute atomic E-state index is 12.5. The number of rotatable bonds is 5. The van der Waals surface area contributed by atoms with Gasteiger partial charge in [-0.15, -0.1) is 10.2 Å². The lowest BCUT2D eigenvalue weighted by atomic mass is 10.2. The lowest BCUT2D eigenvalue weighted by molar-refractivity contribution is 0.0977. The molecule has 0 atom stereocenters. The third-order valence-corrected chi connectivity index (χ3v) is 6.17. The zero-order valence-corrected chi connectivity index (χ0v) is 20.0.